The number of carbonyl (C=O) groups excluding carboxylic acids is 1. The Morgan fingerprint density at radius 1 is 1.06 bits per heavy atom. The van der Waals surface area contributed by atoms with Gasteiger partial charge in [0.2, 0.25) is 0 Å². The highest BCUT2D eigenvalue weighted by molar-refractivity contribution is 6.38. The maximum absolute atomic E-state index is 12.8. The molecule has 0 radical (unpaired) electrons. The number of ether oxygens (including phenoxy) is 1. The Morgan fingerprint density at radius 2 is 1.69 bits per heavy atom. The fourth-order valence-corrected chi connectivity index (χ4v) is 4.86. The highest BCUT2D eigenvalue weighted by atomic mass is 35.5. The van der Waals surface area contributed by atoms with Crippen molar-refractivity contribution in [2.24, 2.45) is 0 Å². The Balaban J connectivity index is 1.65. The number of aromatic nitrogens is 2. The zero-order valence-electron chi connectivity index (χ0n) is 18.3. The van der Waals surface area contributed by atoms with Gasteiger partial charge in [-0.2, -0.15) is 0 Å². The molecular weight excluding hydrogens is 451 g/mol. The van der Waals surface area contributed by atoms with Crippen LogP contribution in [0.25, 0.3) is 16.7 Å². The second-order valence-corrected chi connectivity index (χ2v) is 9.84. The summed E-state index contributed by atoms with van der Waals surface area (Å²) in [6, 6.07) is 8.48. The first-order valence-corrected chi connectivity index (χ1v) is 11.3. The van der Waals surface area contributed by atoms with Gasteiger partial charge in [-0.05, 0) is 57.9 Å². The average Bonchev–Trinajstić information content (AvgIpc) is 3.09. The number of rotatable bonds is 2. The first-order valence-electron chi connectivity index (χ1n) is 10.5. The quantitative estimate of drug-likeness (QED) is 0.511. The summed E-state index contributed by atoms with van der Waals surface area (Å²) in [5.41, 5.74) is 7.92. The Bertz CT molecular complexity index is 1210. The fraction of sp³-hybridized carbons (Fsp3) is 0.391. The molecule has 1 fully saturated rings. The van der Waals surface area contributed by atoms with Crippen molar-refractivity contribution in [2.75, 3.05) is 18.8 Å². The Morgan fingerprint density at radius 3 is 2.28 bits per heavy atom. The van der Waals surface area contributed by atoms with E-state index in [9.17, 15) is 9.59 Å². The molecule has 1 amide bonds. The lowest BCUT2D eigenvalue weighted by atomic mass is 10.0. The monoisotopic (exact) mass is 476 g/mol. The summed E-state index contributed by atoms with van der Waals surface area (Å²) in [7, 11) is 0. The van der Waals surface area contributed by atoms with Crippen LogP contribution in [0.4, 0.5) is 10.5 Å². The Hall–Kier alpha value is -2.64. The Labute approximate surface area is 196 Å². The van der Waals surface area contributed by atoms with E-state index in [1.807, 2.05) is 37.6 Å². The molecule has 9 heteroatoms. The van der Waals surface area contributed by atoms with Crippen LogP contribution in [0.2, 0.25) is 10.0 Å². The minimum Gasteiger partial charge on any atom is -0.444 e. The number of piperidine rings is 1. The maximum atomic E-state index is 12.8. The lowest BCUT2D eigenvalue weighted by molar-refractivity contribution is 0.0189. The van der Waals surface area contributed by atoms with E-state index >= 15 is 0 Å². The minimum atomic E-state index is -0.538. The van der Waals surface area contributed by atoms with Gasteiger partial charge in [0.15, 0.2) is 0 Å². The molecule has 1 aromatic carbocycles. The molecule has 0 aliphatic carbocycles. The molecule has 0 saturated carbocycles. The second kappa shape index (κ2) is 8.37. The summed E-state index contributed by atoms with van der Waals surface area (Å²) < 4.78 is 9.15. The molecule has 32 heavy (non-hydrogen) atoms. The van der Waals surface area contributed by atoms with Crippen LogP contribution in [-0.2, 0) is 4.74 Å². The first-order chi connectivity index (χ1) is 15.0. The van der Waals surface area contributed by atoms with Crippen LogP contribution in [0.1, 0.15) is 39.7 Å². The third kappa shape index (κ3) is 4.32. The van der Waals surface area contributed by atoms with Crippen molar-refractivity contribution in [3.63, 3.8) is 0 Å². The van der Waals surface area contributed by atoms with E-state index < -0.39 is 5.60 Å². The summed E-state index contributed by atoms with van der Waals surface area (Å²) in [6.07, 6.45) is 2.85. The molecule has 1 aliphatic rings. The van der Waals surface area contributed by atoms with E-state index in [4.69, 9.17) is 33.7 Å². The third-order valence-corrected chi connectivity index (χ3v) is 6.12. The normalized spacial score (nSPS) is 15.3. The number of fused-ring (bicyclic) bond motifs is 1. The number of pyridine rings is 1. The highest BCUT2D eigenvalue weighted by Gasteiger charge is 2.29. The number of nitrogens with zero attached hydrogens (tertiary/aromatic N) is 3. The number of anilines is 1. The number of nitrogen functional groups attached to an aromatic ring is 1. The van der Waals surface area contributed by atoms with Crippen LogP contribution in [0, 0.1) is 0 Å². The van der Waals surface area contributed by atoms with Crippen LogP contribution in [0.5, 0.6) is 0 Å². The van der Waals surface area contributed by atoms with Crippen molar-refractivity contribution in [1.82, 2.24) is 14.0 Å². The summed E-state index contributed by atoms with van der Waals surface area (Å²) >= 11 is 12.9. The highest BCUT2D eigenvalue weighted by Crippen LogP contribution is 2.34. The van der Waals surface area contributed by atoms with E-state index in [0.717, 1.165) is 11.0 Å². The van der Waals surface area contributed by atoms with Gasteiger partial charge >= 0.3 is 6.09 Å². The van der Waals surface area contributed by atoms with Gasteiger partial charge in [0.25, 0.3) is 5.56 Å². The minimum absolute atomic E-state index is 0.0295. The molecule has 0 spiro atoms. The Kier molecular flexibility index (Phi) is 5.90. The van der Waals surface area contributed by atoms with Gasteiger partial charge in [-0.15, -0.1) is 0 Å². The van der Waals surface area contributed by atoms with Gasteiger partial charge < -0.3 is 24.5 Å². The summed E-state index contributed by atoms with van der Waals surface area (Å²) in [6.45, 7) is 6.60. The number of hydrogen-bond acceptors (Lipinski definition) is 4. The number of carbonyl (C=O) groups is 1. The van der Waals surface area contributed by atoms with Gasteiger partial charge in [-0.1, -0.05) is 23.2 Å². The number of halogens is 2. The summed E-state index contributed by atoms with van der Waals surface area (Å²) in [5, 5.41) is 0.854. The number of likely N-dealkylation sites (tertiary alicyclic amines) is 1. The molecule has 0 bridgehead atoms. The predicted octanol–water partition coefficient (Wildman–Crippen LogP) is 5.25. The van der Waals surface area contributed by atoms with Gasteiger partial charge in [-0.25, -0.2) is 4.79 Å². The summed E-state index contributed by atoms with van der Waals surface area (Å²) in [5.74, 6) is 0. The molecule has 1 saturated heterocycles. The molecule has 3 aromatic rings. The SMILES string of the molecule is CC(C)(C)OC(=O)N1CCC(n2c(=O)ccc3c2ccn3-c2c(Cl)cc(N)cc2Cl)CC1. The first kappa shape index (κ1) is 22.6. The van der Waals surface area contributed by atoms with Crippen LogP contribution < -0.4 is 11.3 Å². The molecule has 7 nitrogen and oxygen atoms in total. The molecule has 0 unspecified atom stereocenters. The molecule has 2 N–H and O–H groups in total. The van der Waals surface area contributed by atoms with Gasteiger partial charge in [0, 0.05) is 37.1 Å². The predicted molar refractivity (Wildman–Crippen MR) is 128 cm³/mol. The lowest BCUT2D eigenvalue weighted by Gasteiger charge is -2.34. The molecule has 1 aliphatic heterocycles. The smallest absolute Gasteiger partial charge is 0.410 e. The van der Waals surface area contributed by atoms with Crippen LogP contribution >= 0.6 is 23.2 Å². The molecular formula is C23H26Cl2N4O3. The van der Waals surface area contributed by atoms with Crippen molar-refractivity contribution in [3.05, 3.63) is 56.9 Å². The number of nitrogens with two attached hydrogens (primary N) is 1. The topological polar surface area (TPSA) is 82.5 Å². The maximum Gasteiger partial charge on any atom is 0.410 e. The van der Waals surface area contributed by atoms with Crippen molar-refractivity contribution < 1.29 is 9.53 Å². The van der Waals surface area contributed by atoms with E-state index in [0.29, 0.717) is 47.4 Å². The van der Waals surface area contributed by atoms with Crippen LogP contribution in [0.3, 0.4) is 0 Å². The van der Waals surface area contributed by atoms with Crippen LogP contribution in [0.15, 0.2) is 41.3 Å². The van der Waals surface area contributed by atoms with Gasteiger partial charge in [0.05, 0.1) is 26.8 Å². The van der Waals surface area contributed by atoms with E-state index in [1.165, 1.54) is 0 Å². The fourth-order valence-electron chi connectivity index (χ4n) is 4.17. The van der Waals surface area contributed by atoms with Crippen LogP contribution in [-0.4, -0.2) is 38.8 Å². The number of benzene rings is 1. The zero-order chi connectivity index (χ0) is 23.2. The molecule has 3 heterocycles. The van der Waals surface area contributed by atoms with E-state index in [-0.39, 0.29) is 17.7 Å². The number of hydrogen-bond donors (Lipinski definition) is 1. The molecule has 4 rings (SSSR count). The van der Waals surface area contributed by atoms with Crippen molar-refractivity contribution in [3.8, 4) is 5.69 Å². The van der Waals surface area contributed by atoms with Crippen molar-refractivity contribution >= 4 is 46.0 Å². The molecule has 170 valence electrons. The lowest BCUT2D eigenvalue weighted by Crippen LogP contribution is -2.43. The summed E-state index contributed by atoms with van der Waals surface area (Å²) in [4.78, 5) is 26.9. The third-order valence-electron chi connectivity index (χ3n) is 5.55. The van der Waals surface area contributed by atoms with Gasteiger partial charge in [0.1, 0.15) is 5.60 Å². The van der Waals surface area contributed by atoms with E-state index in [1.54, 1.807) is 33.7 Å². The standard InChI is InChI=1S/C23H26Cl2N4O3/c1-23(2,3)32-22(31)27-9-6-15(7-10-27)29-19-8-11-28(18(19)4-5-20(29)30)21-16(24)12-14(26)13-17(21)25/h4-5,8,11-13,15H,6-7,9-10,26H2,1-3H3. The molecule has 2 aromatic heterocycles. The second-order valence-electron chi connectivity index (χ2n) is 9.03. The number of amides is 1. The average molecular weight is 477 g/mol. The van der Waals surface area contributed by atoms with E-state index in [2.05, 4.69) is 0 Å². The van der Waals surface area contributed by atoms with Crippen molar-refractivity contribution in [1.29, 1.82) is 0 Å². The largest absolute Gasteiger partial charge is 0.444 e. The van der Waals surface area contributed by atoms with Gasteiger partial charge in [-0.3, -0.25) is 4.79 Å². The molecule has 0 atom stereocenters. The van der Waals surface area contributed by atoms with Crippen molar-refractivity contribution in [2.45, 2.75) is 45.3 Å². The zero-order valence-corrected chi connectivity index (χ0v) is 19.8.